The molecule has 1 amide bonds. The van der Waals surface area contributed by atoms with Crippen molar-refractivity contribution in [2.24, 2.45) is 11.8 Å². The van der Waals surface area contributed by atoms with Crippen LogP contribution in [0.2, 0.25) is 5.02 Å². The van der Waals surface area contributed by atoms with E-state index in [0.29, 0.717) is 55.3 Å². The summed E-state index contributed by atoms with van der Waals surface area (Å²) in [5, 5.41) is 4.12. The summed E-state index contributed by atoms with van der Waals surface area (Å²) in [4.78, 5) is 15.4. The third-order valence-corrected chi connectivity index (χ3v) is 6.12. The molecule has 0 radical (unpaired) electrons. The van der Waals surface area contributed by atoms with Crippen molar-refractivity contribution in [3.8, 4) is 11.5 Å². The van der Waals surface area contributed by atoms with Crippen LogP contribution in [0.5, 0.6) is 11.5 Å². The van der Waals surface area contributed by atoms with Crippen molar-refractivity contribution in [2.45, 2.75) is 53.1 Å². The van der Waals surface area contributed by atoms with E-state index in [4.69, 9.17) is 21.1 Å². The second kappa shape index (κ2) is 12.3. The first kappa shape index (κ1) is 25.4. The molecule has 2 unspecified atom stereocenters. The number of fused-ring (bicyclic) bond motifs is 1. The lowest BCUT2D eigenvalue weighted by Crippen LogP contribution is -2.41. The first-order valence-electron chi connectivity index (χ1n) is 12.0. The smallest absolute Gasteiger partial charge is 0.226 e. The fraction of sp³-hybridized carbons (Fsp3) is 0.519. The molecular weight excluding hydrogens is 436 g/mol. The van der Waals surface area contributed by atoms with Crippen molar-refractivity contribution in [3.63, 3.8) is 0 Å². The Labute approximate surface area is 203 Å². The van der Waals surface area contributed by atoms with Gasteiger partial charge in [-0.1, -0.05) is 69.6 Å². The van der Waals surface area contributed by atoms with Crippen LogP contribution < -0.4 is 14.8 Å². The second-order valence-corrected chi connectivity index (χ2v) is 9.66. The molecule has 6 heteroatoms. The number of carbonyl (C=O) groups excluding carboxylic acids is 1. The van der Waals surface area contributed by atoms with Gasteiger partial charge in [-0.05, 0) is 35.6 Å². The number of carbonyl (C=O) groups is 1. The van der Waals surface area contributed by atoms with Gasteiger partial charge in [0.2, 0.25) is 5.91 Å². The molecule has 1 N–H and O–H groups in total. The standard InChI is InChI=1S/C27H37ClN2O3/c1-5-24(22-10-7-6-8-11-22)29-16-20(4)27(31)30(17-19(2)3)18-21-14-23(28)26-25(15-21)32-12-9-13-33-26/h6-8,10-11,14-15,19-20,24,29H,5,9,12-13,16-18H2,1-4H3. The fourth-order valence-electron chi connectivity index (χ4n) is 4.17. The Hall–Kier alpha value is -2.24. The zero-order valence-corrected chi connectivity index (χ0v) is 21.0. The summed E-state index contributed by atoms with van der Waals surface area (Å²) in [6.07, 6.45) is 1.79. The maximum Gasteiger partial charge on any atom is 0.226 e. The Kier molecular flexibility index (Phi) is 9.45. The molecule has 5 nitrogen and oxygen atoms in total. The van der Waals surface area contributed by atoms with E-state index in [-0.39, 0.29) is 17.9 Å². The van der Waals surface area contributed by atoms with E-state index in [2.05, 4.69) is 50.4 Å². The summed E-state index contributed by atoms with van der Waals surface area (Å²) in [6, 6.07) is 14.5. The molecule has 2 aromatic rings. The van der Waals surface area contributed by atoms with E-state index in [9.17, 15) is 4.79 Å². The van der Waals surface area contributed by atoms with Crippen molar-refractivity contribution in [3.05, 3.63) is 58.6 Å². The molecule has 180 valence electrons. The highest BCUT2D eigenvalue weighted by atomic mass is 35.5. The third kappa shape index (κ3) is 7.12. The highest BCUT2D eigenvalue weighted by Gasteiger charge is 2.24. The topological polar surface area (TPSA) is 50.8 Å². The van der Waals surface area contributed by atoms with Gasteiger partial charge >= 0.3 is 0 Å². The third-order valence-electron chi connectivity index (χ3n) is 5.83. The average Bonchev–Trinajstić information content (AvgIpc) is 3.05. The van der Waals surface area contributed by atoms with Crippen LogP contribution >= 0.6 is 11.6 Å². The van der Waals surface area contributed by atoms with E-state index >= 15 is 0 Å². The summed E-state index contributed by atoms with van der Waals surface area (Å²) in [7, 11) is 0. The minimum Gasteiger partial charge on any atom is -0.489 e. The van der Waals surface area contributed by atoms with Gasteiger partial charge in [0.1, 0.15) is 0 Å². The van der Waals surface area contributed by atoms with Gasteiger partial charge < -0.3 is 19.7 Å². The summed E-state index contributed by atoms with van der Waals surface area (Å²) >= 11 is 6.49. The molecule has 0 saturated heterocycles. The molecule has 33 heavy (non-hydrogen) atoms. The largest absolute Gasteiger partial charge is 0.489 e. The van der Waals surface area contributed by atoms with E-state index in [1.807, 2.05) is 30.0 Å². The van der Waals surface area contributed by atoms with E-state index in [0.717, 1.165) is 18.4 Å². The van der Waals surface area contributed by atoms with E-state index in [1.54, 1.807) is 0 Å². The second-order valence-electron chi connectivity index (χ2n) is 9.25. The van der Waals surface area contributed by atoms with Gasteiger partial charge in [0.05, 0.1) is 18.2 Å². The van der Waals surface area contributed by atoms with Gasteiger partial charge in [-0.2, -0.15) is 0 Å². The van der Waals surface area contributed by atoms with Crippen LogP contribution in [0.15, 0.2) is 42.5 Å². The average molecular weight is 473 g/mol. The molecule has 0 aliphatic carbocycles. The van der Waals surface area contributed by atoms with Crippen molar-refractivity contribution in [1.29, 1.82) is 0 Å². The van der Waals surface area contributed by atoms with Crippen LogP contribution in [-0.2, 0) is 11.3 Å². The molecule has 0 spiro atoms. The lowest BCUT2D eigenvalue weighted by atomic mass is 10.0. The molecule has 3 rings (SSSR count). The van der Waals surface area contributed by atoms with Crippen LogP contribution in [0.25, 0.3) is 0 Å². The summed E-state index contributed by atoms with van der Waals surface area (Å²) in [5.41, 5.74) is 2.20. The van der Waals surface area contributed by atoms with Crippen LogP contribution in [0.3, 0.4) is 0 Å². The molecule has 2 aromatic carbocycles. The number of ether oxygens (including phenoxy) is 2. The van der Waals surface area contributed by atoms with Crippen LogP contribution in [-0.4, -0.2) is 37.1 Å². The van der Waals surface area contributed by atoms with Crippen LogP contribution in [0.4, 0.5) is 0 Å². The molecule has 0 bridgehead atoms. The van der Waals surface area contributed by atoms with Gasteiger partial charge in [-0.3, -0.25) is 4.79 Å². The fourth-order valence-corrected chi connectivity index (χ4v) is 4.46. The Morgan fingerprint density at radius 2 is 1.85 bits per heavy atom. The first-order chi connectivity index (χ1) is 15.9. The van der Waals surface area contributed by atoms with Crippen molar-refractivity contribution in [2.75, 3.05) is 26.3 Å². The SMILES string of the molecule is CCC(NCC(C)C(=O)N(Cc1cc(Cl)c2c(c1)OCCCO2)CC(C)C)c1ccccc1. The molecule has 0 aromatic heterocycles. The molecule has 0 saturated carbocycles. The Bertz CT molecular complexity index is 904. The lowest BCUT2D eigenvalue weighted by Gasteiger charge is -2.29. The summed E-state index contributed by atoms with van der Waals surface area (Å²) in [5.74, 6) is 1.62. The Morgan fingerprint density at radius 1 is 1.12 bits per heavy atom. The molecule has 0 fully saturated rings. The highest BCUT2D eigenvalue weighted by molar-refractivity contribution is 6.32. The number of rotatable bonds is 10. The number of halogens is 1. The van der Waals surface area contributed by atoms with Gasteiger partial charge in [0, 0.05) is 38.0 Å². The normalized spacial score (nSPS) is 15.1. The number of hydrogen-bond donors (Lipinski definition) is 1. The van der Waals surface area contributed by atoms with Gasteiger partial charge in [0.25, 0.3) is 0 Å². The van der Waals surface area contributed by atoms with Crippen LogP contribution in [0, 0.1) is 11.8 Å². The van der Waals surface area contributed by atoms with Crippen LogP contribution in [0.1, 0.15) is 57.7 Å². The summed E-state index contributed by atoms with van der Waals surface area (Å²) < 4.78 is 11.6. The lowest BCUT2D eigenvalue weighted by molar-refractivity contribution is -0.136. The zero-order valence-electron chi connectivity index (χ0n) is 20.3. The first-order valence-corrected chi connectivity index (χ1v) is 12.4. The maximum absolute atomic E-state index is 13.4. The number of hydrogen-bond acceptors (Lipinski definition) is 4. The van der Waals surface area contributed by atoms with Crippen molar-refractivity contribution >= 4 is 17.5 Å². The number of amides is 1. The number of benzene rings is 2. The molecule has 1 aliphatic rings. The van der Waals surface area contributed by atoms with E-state index in [1.165, 1.54) is 5.56 Å². The molecule has 1 heterocycles. The zero-order chi connectivity index (χ0) is 23.8. The van der Waals surface area contributed by atoms with E-state index < -0.39 is 0 Å². The van der Waals surface area contributed by atoms with Crippen molar-refractivity contribution in [1.82, 2.24) is 10.2 Å². The quantitative estimate of drug-likeness (QED) is 0.470. The number of nitrogens with zero attached hydrogens (tertiary/aromatic N) is 1. The predicted octanol–water partition coefficient (Wildman–Crippen LogP) is 5.86. The monoisotopic (exact) mass is 472 g/mol. The van der Waals surface area contributed by atoms with Gasteiger partial charge in [0.15, 0.2) is 11.5 Å². The molecule has 1 aliphatic heterocycles. The Balaban J connectivity index is 1.69. The molecular formula is C27H37ClN2O3. The Morgan fingerprint density at radius 3 is 2.55 bits per heavy atom. The minimum atomic E-state index is -0.141. The van der Waals surface area contributed by atoms with Gasteiger partial charge in [-0.15, -0.1) is 0 Å². The van der Waals surface area contributed by atoms with Crippen molar-refractivity contribution < 1.29 is 14.3 Å². The maximum atomic E-state index is 13.4. The van der Waals surface area contributed by atoms with Gasteiger partial charge in [-0.25, -0.2) is 0 Å². The molecule has 2 atom stereocenters. The predicted molar refractivity (Wildman–Crippen MR) is 134 cm³/mol. The minimum absolute atomic E-state index is 0.141. The highest BCUT2D eigenvalue weighted by Crippen LogP contribution is 2.38. The number of nitrogens with one attached hydrogen (secondary N) is 1. The summed E-state index contributed by atoms with van der Waals surface area (Å²) in [6.45, 7) is 11.4.